The highest BCUT2D eigenvalue weighted by Gasteiger charge is 1.97. The molecule has 2 heterocycles. The first-order valence-electron chi connectivity index (χ1n) is 3.31. The summed E-state index contributed by atoms with van der Waals surface area (Å²) in [6, 6.07) is 1.53. The highest BCUT2D eigenvalue weighted by atomic mass is 16.1. The van der Waals surface area contributed by atoms with Crippen molar-refractivity contribution < 1.29 is 0 Å². The van der Waals surface area contributed by atoms with Gasteiger partial charge in [-0.15, -0.1) is 0 Å². The number of hydrogen-bond donors (Lipinski definition) is 1. The fraction of sp³-hybridized carbons (Fsp3) is 0.143. The molecule has 0 saturated carbocycles. The third-order valence-corrected chi connectivity index (χ3v) is 1.58. The zero-order chi connectivity index (χ0) is 7.84. The summed E-state index contributed by atoms with van der Waals surface area (Å²) in [7, 11) is 0. The Kier molecular flexibility index (Phi) is 1.09. The molecular formula is C7H7N3O. The van der Waals surface area contributed by atoms with Crippen LogP contribution in [-0.2, 0) is 0 Å². The lowest BCUT2D eigenvalue weighted by molar-refractivity contribution is 0.890. The van der Waals surface area contributed by atoms with Gasteiger partial charge in [0.1, 0.15) is 11.3 Å². The smallest absolute Gasteiger partial charge is 0.205 e. The lowest BCUT2D eigenvalue weighted by atomic mass is 10.4. The van der Waals surface area contributed by atoms with Crippen LogP contribution in [0.1, 0.15) is 5.69 Å². The predicted molar refractivity (Wildman–Crippen MR) is 40.5 cm³/mol. The van der Waals surface area contributed by atoms with Gasteiger partial charge in [0.25, 0.3) is 0 Å². The lowest BCUT2D eigenvalue weighted by Gasteiger charge is -1.91. The van der Waals surface area contributed by atoms with Crippen LogP contribution in [0.15, 0.2) is 23.3 Å². The van der Waals surface area contributed by atoms with Crippen molar-refractivity contribution in [1.29, 1.82) is 0 Å². The van der Waals surface area contributed by atoms with Crippen molar-refractivity contribution in [3.05, 3.63) is 34.4 Å². The van der Waals surface area contributed by atoms with Gasteiger partial charge in [-0.05, 0) is 6.92 Å². The van der Waals surface area contributed by atoms with Crippen LogP contribution >= 0.6 is 0 Å². The average molecular weight is 149 g/mol. The molecule has 2 aromatic rings. The van der Waals surface area contributed by atoms with Crippen LogP contribution in [0.2, 0.25) is 0 Å². The number of aryl methyl sites for hydroxylation is 1. The summed E-state index contributed by atoms with van der Waals surface area (Å²) < 4.78 is 1.64. The van der Waals surface area contributed by atoms with Crippen LogP contribution in [0.25, 0.3) is 5.65 Å². The van der Waals surface area contributed by atoms with E-state index in [-0.39, 0.29) is 5.43 Å². The third kappa shape index (κ3) is 0.832. The Morgan fingerprint density at radius 3 is 3.27 bits per heavy atom. The van der Waals surface area contributed by atoms with E-state index in [0.717, 1.165) is 5.65 Å². The maximum Gasteiger partial charge on any atom is 0.205 e. The second-order valence-electron chi connectivity index (χ2n) is 2.38. The summed E-state index contributed by atoms with van der Waals surface area (Å²) in [6.45, 7) is 1.70. The monoisotopic (exact) mass is 149 g/mol. The zero-order valence-electron chi connectivity index (χ0n) is 6.03. The second kappa shape index (κ2) is 1.95. The van der Waals surface area contributed by atoms with Crippen molar-refractivity contribution in [2.45, 2.75) is 6.92 Å². The van der Waals surface area contributed by atoms with Gasteiger partial charge >= 0.3 is 0 Å². The molecule has 0 atom stereocenters. The summed E-state index contributed by atoms with van der Waals surface area (Å²) in [5, 5.41) is 4.01. The van der Waals surface area contributed by atoms with Crippen molar-refractivity contribution in [3.8, 4) is 0 Å². The van der Waals surface area contributed by atoms with E-state index in [9.17, 15) is 4.79 Å². The zero-order valence-corrected chi connectivity index (χ0v) is 6.03. The Labute approximate surface area is 62.5 Å². The van der Waals surface area contributed by atoms with Gasteiger partial charge in [-0.3, -0.25) is 4.79 Å². The Balaban J connectivity index is 2.97. The summed E-state index contributed by atoms with van der Waals surface area (Å²) in [4.78, 5) is 13.9. The SMILES string of the molecule is Cc1nn2cc[nH]c2cc1=O. The van der Waals surface area contributed by atoms with Crippen molar-refractivity contribution in [2.75, 3.05) is 0 Å². The van der Waals surface area contributed by atoms with Crippen molar-refractivity contribution in [3.63, 3.8) is 0 Å². The van der Waals surface area contributed by atoms with Crippen molar-refractivity contribution >= 4 is 5.65 Å². The first kappa shape index (κ1) is 6.15. The number of imidazole rings is 1. The molecule has 0 aliphatic heterocycles. The Bertz CT molecular complexity index is 440. The number of aromatic nitrogens is 3. The number of nitrogens with one attached hydrogen (secondary N) is 1. The van der Waals surface area contributed by atoms with Gasteiger partial charge in [0.15, 0.2) is 0 Å². The summed E-state index contributed by atoms with van der Waals surface area (Å²) in [5.74, 6) is 0. The first-order valence-corrected chi connectivity index (χ1v) is 3.31. The molecule has 1 N–H and O–H groups in total. The van der Waals surface area contributed by atoms with Gasteiger partial charge in [-0.25, -0.2) is 4.52 Å². The molecule has 56 valence electrons. The highest BCUT2D eigenvalue weighted by Crippen LogP contribution is 1.93. The second-order valence-corrected chi connectivity index (χ2v) is 2.38. The van der Waals surface area contributed by atoms with E-state index in [0.29, 0.717) is 5.69 Å². The number of hydrogen-bond acceptors (Lipinski definition) is 2. The maximum atomic E-state index is 11.0. The normalized spacial score (nSPS) is 10.6. The molecule has 0 unspecified atom stereocenters. The predicted octanol–water partition coefficient (Wildman–Crippen LogP) is 0.331. The van der Waals surface area contributed by atoms with Crippen LogP contribution < -0.4 is 5.43 Å². The maximum absolute atomic E-state index is 11.0. The number of H-pyrrole nitrogens is 1. The van der Waals surface area contributed by atoms with Gasteiger partial charge in [0.2, 0.25) is 5.43 Å². The van der Waals surface area contributed by atoms with Crippen LogP contribution in [0.5, 0.6) is 0 Å². The molecule has 4 nitrogen and oxygen atoms in total. The van der Waals surface area contributed by atoms with E-state index in [1.54, 1.807) is 23.8 Å². The summed E-state index contributed by atoms with van der Waals surface area (Å²) >= 11 is 0. The minimum absolute atomic E-state index is 0.0348. The lowest BCUT2D eigenvalue weighted by Crippen LogP contribution is -2.09. The van der Waals surface area contributed by atoms with Gasteiger partial charge < -0.3 is 4.98 Å². The van der Waals surface area contributed by atoms with E-state index in [1.165, 1.54) is 6.07 Å². The quantitative estimate of drug-likeness (QED) is 0.586. The highest BCUT2D eigenvalue weighted by molar-refractivity contribution is 5.35. The van der Waals surface area contributed by atoms with E-state index in [4.69, 9.17) is 0 Å². The molecule has 0 saturated heterocycles. The van der Waals surface area contributed by atoms with E-state index in [2.05, 4.69) is 10.1 Å². The van der Waals surface area contributed by atoms with Crippen LogP contribution in [0.3, 0.4) is 0 Å². The van der Waals surface area contributed by atoms with Gasteiger partial charge in [0, 0.05) is 18.5 Å². The molecule has 2 rings (SSSR count). The minimum Gasteiger partial charge on any atom is -0.345 e. The molecule has 0 spiro atoms. The summed E-state index contributed by atoms with van der Waals surface area (Å²) in [5.41, 5.74) is 1.20. The third-order valence-electron chi connectivity index (χ3n) is 1.58. The Hall–Kier alpha value is -1.58. The number of aromatic amines is 1. The summed E-state index contributed by atoms with van der Waals surface area (Å²) in [6.07, 6.45) is 3.50. The number of rotatable bonds is 0. The van der Waals surface area contributed by atoms with Crippen LogP contribution in [-0.4, -0.2) is 14.6 Å². The van der Waals surface area contributed by atoms with Crippen molar-refractivity contribution in [1.82, 2.24) is 14.6 Å². The molecule has 0 radical (unpaired) electrons. The van der Waals surface area contributed by atoms with E-state index >= 15 is 0 Å². The number of fused-ring (bicyclic) bond motifs is 1. The molecule has 0 bridgehead atoms. The largest absolute Gasteiger partial charge is 0.345 e. The van der Waals surface area contributed by atoms with Crippen LogP contribution in [0, 0.1) is 6.92 Å². The Morgan fingerprint density at radius 2 is 2.45 bits per heavy atom. The molecular weight excluding hydrogens is 142 g/mol. The molecule has 4 heteroatoms. The molecule has 0 aliphatic rings. The molecule has 0 amide bonds. The molecule has 0 aliphatic carbocycles. The Morgan fingerprint density at radius 1 is 1.64 bits per heavy atom. The molecule has 0 aromatic carbocycles. The van der Waals surface area contributed by atoms with Crippen molar-refractivity contribution in [2.24, 2.45) is 0 Å². The van der Waals surface area contributed by atoms with Gasteiger partial charge in [-0.2, -0.15) is 5.10 Å². The average Bonchev–Trinajstić information content (AvgIpc) is 2.36. The molecule has 2 aromatic heterocycles. The fourth-order valence-electron chi connectivity index (χ4n) is 0.974. The van der Waals surface area contributed by atoms with Gasteiger partial charge in [-0.1, -0.05) is 0 Å². The topological polar surface area (TPSA) is 50.2 Å². The van der Waals surface area contributed by atoms with E-state index in [1.807, 2.05) is 0 Å². The minimum atomic E-state index is -0.0348. The first-order chi connectivity index (χ1) is 5.27. The molecule has 11 heavy (non-hydrogen) atoms. The molecule has 0 fully saturated rings. The fourth-order valence-corrected chi connectivity index (χ4v) is 0.974. The van der Waals surface area contributed by atoms with E-state index < -0.39 is 0 Å². The van der Waals surface area contributed by atoms with Gasteiger partial charge in [0.05, 0.1) is 0 Å². The standard InChI is InChI=1S/C7H7N3O/c1-5-6(11)4-7-8-2-3-10(7)9-5/h2-4,8H,1H3. The number of nitrogens with zero attached hydrogens (tertiary/aromatic N) is 2. The van der Waals surface area contributed by atoms with Crippen LogP contribution in [0.4, 0.5) is 0 Å².